The molecular weight excluding hydrogens is 350 g/mol. The minimum absolute atomic E-state index is 0.0592. The molecule has 0 aliphatic carbocycles. The number of benzene rings is 1. The fraction of sp³-hybridized carbons (Fsp3) is 0.526. The predicted octanol–water partition coefficient (Wildman–Crippen LogP) is 1.77. The minimum Gasteiger partial charge on any atom is -0.493 e. The van der Waals surface area contributed by atoms with Crippen LogP contribution in [0.25, 0.3) is 0 Å². The van der Waals surface area contributed by atoms with Crippen LogP contribution >= 0.6 is 0 Å². The third-order valence-electron chi connectivity index (χ3n) is 4.51. The van der Waals surface area contributed by atoms with E-state index in [9.17, 15) is 14.4 Å². The molecule has 1 aliphatic heterocycles. The van der Waals surface area contributed by atoms with Gasteiger partial charge < -0.3 is 19.7 Å². The first-order valence-corrected chi connectivity index (χ1v) is 8.78. The summed E-state index contributed by atoms with van der Waals surface area (Å²) in [7, 11) is 4.85. The average molecular weight is 377 g/mol. The van der Waals surface area contributed by atoms with Gasteiger partial charge in [-0.2, -0.15) is 0 Å². The van der Waals surface area contributed by atoms with Crippen LogP contribution in [-0.4, -0.2) is 61.0 Å². The van der Waals surface area contributed by atoms with Gasteiger partial charge in [0.1, 0.15) is 5.54 Å². The van der Waals surface area contributed by atoms with E-state index in [1.807, 2.05) is 12.1 Å². The van der Waals surface area contributed by atoms with Gasteiger partial charge in [0, 0.05) is 26.6 Å². The summed E-state index contributed by atoms with van der Waals surface area (Å²) in [5, 5.41) is 2.63. The van der Waals surface area contributed by atoms with Gasteiger partial charge in [-0.1, -0.05) is 6.07 Å². The van der Waals surface area contributed by atoms with Gasteiger partial charge in [-0.3, -0.25) is 14.5 Å². The Labute approximate surface area is 159 Å². The number of nitrogens with one attached hydrogen (secondary N) is 1. The molecule has 1 aliphatic rings. The number of urea groups is 1. The molecular formula is C19H27N3O5. The molecule has 0 bridgehead atoms. The van der Waals surface area contributed by atoms with Gasteiger partial charge in [0.25, 0.3) is 5.91 Å². The van der Waals surface area contributed by atoms with Crippen molar-refractivity contribution in [3.05, 3.63) is 23.8 Å². The molecule has 0 aromatic heterocycles. The minimum atomic E-state index is -0.884. The van der Waals surface area contributed by atoms with Crippen LogP contribution in [0.5, 0.6) is 11.5 Å². The van der Waals surface area contributed by atoms with Gasteiger partial charge in [-0.15, -0.1) is 0 Å². The number of rotatable bonds is 8. The highest BCUT2D eigenvalue weighted by Crippen LogP contribution is 2.28. The summed E-state index contributed by atoms with van der Waals surface area (Å²) in [4.78, 5) is 39.1. The van der Waals surface area contributed by atoms with Crippen LogP contribution in [0, 0.1) is 0 Å². The molecule has 0 spiro atoms. The summed E-state index contributed by atoms with van der Waals surface area (Å²) in [6, 6.07) is 5.10. The monoisotopic (exact) mass is 377 g/mol. The lowest BCUT2D eigenvalue weighted by atomic mass is 10.1. The second kappa shape index (κ2) is 8.28. The molecule has 148 valence electrons. The predicted molar refractivity (Wildman–Crippen MR) is 99.6 cm³/mol. The maximum Gasteiger partial charge on any atom is 0.325 e. The highest BCUT2D eigenvalue weighted by molar-refractivity contribution is 6.06. The third kappa shape index (κ3) is 4.69. The molecule has 1 aromatic carbocycles. The number of carbonyl (C=O) groups excluding carboxylic acids is 3. The van der Waals surface area contributed by atoms with E-state index in [1.165, 1.54) is 4.90 Å². The van der Waals surface area contributed by atoms with Crippen molar-refractivity contribution in [1.29, 1.82) is 0 Å². The van der Waals surface area contributed by atoms with Crippen LogP contribution in [0.2, 0.25) is 0 Å². The van der Waals surface area contributed by atoms with Crippen LogP contribution in [0.1, 0.15) is 32.3 Å². The van der Waals surface area contributed by atoms with Crippen LogP contribution in [0.15, 0.2) is 18.2 Å². The average Bonchev–Trinajstić information content (AvgIpc) is 2.82. The number of carbonyl (C=O) groups is 3. The van der Waals surface area contributed by atoms with E-state index in [0.29, 0.717) is 24.5 Å². The standard InChI is InChI=1S/C19H27N3O5/c1-19(2)17(24)22(18(25)20-19)10-6-7-16(23)21(3)12-13-8-9-14(26-4)15(11-13)27-5/h8-9,11H,6-7,10,12H2,1-5H3,(H,20,25). The van der Waals surface area contributed by atoms with E-state index in [0.717, 1.165) is 5.56 Å². The van der Waals surface area contributed by atoms with Crippen molar-refractivity contribution in [3.63, 3.8) is 0 Å². The first-order chi connectivity index (χ1) is 12.7. The maximum absolute atomic E-state index is 12.4. The number of ether oxygens (including phenoxy) is 2. The number of hydrogen-bond donors (Lipinski definition) is 1. The zero-order chi connectivity index (χ0) is 20.2. The highest BCUT2D eigenvalue weighted by atomic mass is 16.5. The van der Waals surface area contributed by atoms with Crippen LogP contribution < -0.4 is 14.8 Å². The molecule has 4 amide bonds. The lowest BCUT2D eigenvalue weighted by molar-refractivity contribution is -0.132. The first-order valence-electron chi connectivity index (χ1n) is 8.78. The SMILES string of the molecule is COc1ccc(CN(C)C(=O)CCCN2C(=O)NC(C)(C)C2=O)cc1OC. The summed E-state index contributed by atoms with van der Waals surface area (Å²) in [6.45, 7) is 3.98. The van der Waals surface area contributed by atoms with Crippen molar-refractivity contribution in [3.8, 4) is 11.5 Å². The summed E-state index contributed by atoms with van der Waals surface area (Å²) >= 11 is 0. The van der Waals surface area contributed by atoms with Crippen molar-refractivity contribution in [2.75, 3.05) is 27.8 Å². The summed E-state index contributed by atoms with van der Waals surface area (Å²) < 4.78 is 10.5. The topological polar surface area (TPSA) is 88.2 Å². The number of methoxy groups -OCH3 is 2. The Bertz CT molecular complexity index is 732. The highest BCUT2D eigenvalue weighted by Gasteiger charge is 2.43. The van der Waals surface area contributed by atoms with Gasteiger partial charge in [-0.05, 0) is 38.0 Å². The molecule has 0 radical (unpaired) electrons. The Kier molecular flexibility index (Phi) is 6.30. The molecule has 0 unspecified atom stereocenters. The van der Waals surface area contributed by atoms with Crippen LogP contribution in [0.4, 0.5) is 4.79 Å². The van der Waals surface area contributed by atoms with Crippen molar-refractivity contribution < 1.29 is 23.9 Å². The Hall–Kier alpha value is -2.77. The number of amides is 4. The van der Waals surface area contributed by atoms with Gasteiger partial charge in [0.2, 0.25) is 5.91 Å². The van der Waals surface area contributed by atoms with E-state index in [4.69, 9.17) is 9.47 Å². The Balaban J connectivity index is 1.86. The normalized spacial score (nSPS) is 15.5. The quantitative estimate of drug-likeness (QED) is 0.698. The Morgan fingerprint density at radius 1 is 1.19 bits per heavy atom. The van der Waals surface area contributed by atoms with Gasteiger partial charge in [0.15, 0.2) is 11.5 Å². The van der Waals surface area contributed by atoms with Gasteiger partial charge >= 0.3 is 6.03 Å². The van der Waals surface area contributed by atoms with E-state index >= 15 is 0 Å². The fourth-order valence-corrected chi connectivity index (χ4v) is 2.94. The Morgan fingerprint density at radius 3 is 2.41 bits per heavy atom. The summed E-state index contributed by atoms with van der Waals surface area (Å²) in [5.74, 6) is 0.915. The zero-order valence-corrected chi connectivity index (χ0v) is 16.5. The smallest absolute Gasteiger partial charge is 0.325 e. The first kappa shape index (κ1) is 20.5. The van der Waals surface area contributed by atoms with E-state index in [2.05, 4.69) is 5.32 Å². The molecule has 8 heteroatoms. The molecule has 0 saturated carbocycles. The lowest BCUT2D eigenvalue weighted by Gasteiger charge is -2.19. The largest absolute Gasteiger partial charge is 0.493 e. The van der Waals surface area contributed by atoms with Gasteiger partial charge in [0.05, 0.1) is 14.2 Å². The van der Waals surface area contributed by atoms with Crippen molar-refractivity contribution in [2.45, 2.75) is 38.8 Å². The molecule has 8 nitrogen and oxygen atoms in total. The number of imide groups is 1. The van der Waals surface area contributed by atoms with Crippen molar-refractivity contribution in [2.24, 2.45) is 0 Å². The fourth-order valence-electron chi connectivity index (χ4n) is 2.94. The molecule has 1 saturated heterocycles. The molecule has 1 heterocycles. The van der Waals surface area contributed by atoms with E-state index in [-0.39, 0.29) is 24.8 Å². The molecule has 1 aromatic rings. The van der Waals surface area contributed by atoms with E-state index < -0.39 is 11.6 Å². The van der Waals surface area contributed by atoms with Crippen molar-refractivity contribution >= 4 is 17.8 Å². The van der Waals surface area contributed by atoms with Gasteiger partial charge in [-0.25, -0.2) is 4.79 Å². The second-order valence-corrected chi connectivity index (χ2v) is 7.05. The van der Waals surface area contributed by atoms with Crippen molar-refractivity contribution in [1.82, 2.24) is 15.1 Å². The lowest BCUT2D eigenvalue weighted by Crippen LogP contribution is -2.40. The summed E-state index contributed by atoms with van der Waals surface area (Å²) in [5.41, 5.74) is 0.0324. The molecule has 2 rings (SSSR count). The third-order valence-corrected chi connectivity index (χ3v) is 4.51. The maximum atomic E-state index is 12.4. The van der Waals surface area contributed by atoms with E-state index in [1.54, 1.807) is 46.1 Å². The summed E-state index contributed by atoms with van der Waals surface area (Å²) in [6.07, 6.45) is 0.672. The van der Waals surface area contributed by atoms with Crippen LogP contribution in [0.3, 0.4) is 0 Å². The zero-order valence-electron chi connectivity index (χ0n) is 16.5. The second-order valence-electron chi connectivity index (χ2n) is 7.05. The van der Waals surface area contributed by atoms with Crippen LogP contribution in [-0.2, 0) is 16.1 Å². The molecule has 27 heavy (non-hydrogen) atoms. The number of hydrogen-bond acceptors (Lipinski definition) is 5. The molecule has 1 fully saturated rings. The Morgan fingerprint density at radius 2 is 1.85 bits per heavy atom. The number of nitrogens with zero attached hydrogens (tertiary/aromatic N) is 2. The molecule has 0 atom stereocenters. The molecule has 1 N–H and O–H groups in total.